The highest BCUT2D eigenvalue weighted by Crippen LogP contribution is 2.00. The Kier molecular flexibility index (Phi) is 4.32. The average molecular weight is 128 g/mol. The summed E-state index contributed by atoms with van der Waals surface area (Å²) < 4.78 is 0. The molecule has 0 heterocycles. The normalized spacial score (nSPS) is 13.8. The summed E-state index contributed by atoms with van der Waals surface area (Å²) in [6.07, 6.45) is 2.33. The zero-order valence-electron chi connectivity index (χ0n) is 6.13. The first-order valence-electron chi connectivity index (χ1n) is 3.11. The van der Waals surface area contributed by atoms with Crippen LogP contribution in [0, 0.1) is 6.92 Å². The number of aldehydes is 1. The molecule has 0 aliphatic carbocycles. The molecule has 0 aliphatic heterocycles. The number of nitrogens with zero attached hydrogens (tertiary/aromatic N) is 1. The standard InChI is InChI=1S/C7H14NO/c1-4-7(5-6-9)8(2)3/h6-7H,1,4-5H2,2-3H3. The minimum Gasteiger partial charge on any atom is -0.306 e. The third-order valence-corrected chi connectivity index (χ3v) is 1.43. The van der Waals surface area contributed by atoms with Gasteiger partial charge in [-0.2, -0.15) is 0 Å². The van der Waals surface area contributed by atoms with Crippen molar-refractivity contribution in [2.75, 3.05) is 14.1 Å². The smallest absolute Gasteiger partial charge is 0.121 e. The van der Waals surface area contributed by atoms with E-state index in [1.807, 2.05) is 19.0 Å². The molecule has 0 bridgehead atoms. The Morgan fingerprint density at radius 1 is 1.67 bits per heavy atom. The van der Waals surface area contributed by atoms with Gasteiger partial charge in [0.25, 0.3) is 0 Å². The van der Waals surface area contributed by atoms with Gasteiger partial charge in [0, 0.05) is 12.5 Å². The minimum absolute atomic E-state index is 0.322. The highest BCUT2D eigenvalue weighted by molar-refractivity contribution is 5.50. The van der Waals surface area contributed by atoms with Gasteiger partial charge in [0.2, 0.25) is 0 Å². The zero-order chi connectivity index (χ0) is 7.28. The number of carbonyl (C=O) groups is 1. The Morgan fingerprint density at radius 2 is 2.22 bits per heavy atom. The summed E-state index contributed by atoms with van der Waals surface area (Å²) in [5.41, 5.74) is 0. The monoisotopic (exact) mass is 128 g/mol. The Hall–Kier alpha value is -0.370. The average Bonchev–Trinajstić information content (AvgIpc) is 1.82. The third kappa shape index (κ3) is 3.25. The predicted molar refractivity (Wildman–Crippen MR) is 38.1 cm³/mol. The molecule has 2 heteroatoms. The summed E-state index contributed by atoms with van der Waals surface area (Å²) in [7, 11) is 3.92. The second-order valence-corrected chi connectivity index (χ2v) is 2.31. The molecule has 0 saturated heterocycles. The Balaban J connectivity index is 3.53. The Morgan fingerprint density at radius 3 is 2.33 bits per heavy atom. The first-order chi connectivity index (χ1) is 4.22. The number of carbonyl (C=O) groups excluding carboxylic acids is 1. The maximum Gasteiger partial charge on any atom is 0.121 e. The quantitative estimate of drug-likeness (QED) is 0.520. The molecule has 0 aromatic carbocycles. The van der Waals surface area contributed by atoms with Crippen LogP contribution in [0.5, 0.6) is 0 Å². The lowest BCUT2D eigenvalue weighted by Gasteiger charge is -2.19. The van der Waals surface area contributed by atoms with Crippen LogP contribution < -0.4 is 0 Å². The molecule has 9 heavy (non-hydrogen) atoms. The van der Waals surface area contributed by atoms with E-state index in [9.17, 15) is 4.79 Å². The van der Waals surface area contributed by atoms with Crippen molar-refractivity contribution in [3.63, 3.8) is 0 Å². The van der Waals surface area contributed by atoms with Gasteiger partial charge in [-0.25, -0.2) is 0 Å². The van der Waals surface area contributed by atoms with Crippen molar-refractivity contribution < 1.29 is 4.79 Å². The topological polar surface area (TPSA) is 20.3 Å². The second-order valence-electron chi connectivity index (χ2n) is 2.31. The highest BCUT2D eigenvalue weighted by Gasteiger charge is 2.05. The molecule has 0 spiro atoms. The van der Waals surface area contributed by atoms with Gasteiger partial charge in [-0.05, 0) is 20.5 Å². The van der Waals surface area contributed by atoms with Crippen molar-refractivity contribution in [1.82, 2.24) is 4.90 Å². The van der Waals surface area contributed by atoms with E-state index in [0.29, 0.717) is 12.5 Å². The van der Waals surface area contributed by atoms with E-state index in [1.165, 1.54) is 0 Å². The van der Waals surface area contributed by atoms with Crippen LogP contribution in [-0.2, 0) is 4.79 Å². The van der Waals surface area contributed by atoms with Crippen molar-refractivity contribution in [2.24, 2.45) is 0 Å². The van der Waals surface area contributed by atoms with E-state index < -0.39 is 0 Å². The van der Waals surface area contributed by atoms with E-state index >= 15 is 0 Å². The molecule has 0 aliphatic rings. The minimum atomic E-state index is 0.322. The fourth-order valence-corrected chi connectivity index (χ4v) is 0.698. The maximum atomic E-state index is 10.0. The summed E-state index contributed by atoms with van der Waals surface area (Å²) in [6.45, 7) is 3.73. The van der Waals surface area contributed by atoms with Crippen molar-refractivity contribution in [2.45, 2.75) is 18.9 Å². The number of hydrogen-bond donors (Lipinski definition) is 0. The number of hydrogen-bond acceptors (Lipinski definition) is 2. The first kappa shape index (κ1) is 8.63. The largest absolute Gasteiger partial charge is 0.306 e. The van der Waals surface area contributed by atoms with Crippen LogP contribution in [0.2, 0.25) is 0 Å². The van der Waals surface area contributed by atoms with Crippen molar-refractivity contribution >= 4 is 6.29 Å². The van der Waals surface area contributed by atoms with Gasteiger partial charge >= 0.3 is 0 Å². The lowest BCUT2D eigenvalue weighted by atomic mass is 10.1. The fraction of sp³-hybridized carbons (Fsp3) is 0.714. The van der Waals surface area contributed by atoms with Gasteiger partial charge in [-0.15, -0.1) is 0 Å². The van der Waals surface area contributed by atoms with Crippen molar-refractivity contribution in [3.05, 3.63) is 6.92 Å². The SMILES string of the molecule is [CH2]CC(CC=O)N(C)C. The maximum absolute atomic E-state index is 10.0. The first-order valence-corrected chi connectivity index (χ1v) is 3.11. The van der Waals surface area contributed by atoms with Crippen molar-refractivity contribution in [3.8, 4) is 0 Å². The molecule has 1 radical (unpaired) electrons. The summed E-state index contributed by atoms with van der Waals surface area (Å²) in [6, 6.07) is 0.322. The summed E-state index contributed by atoms with van der Waals surface area (Å²) in [4.78, 5) is 12.0. The molecule has 0 rings (SSSR count). The highest BCUT2D eigenvalue weighted by atomic mass is 16.1. The summed E-state index contributed by atoms with van der Waals surface area (Å²) >= 11 is 0. The van der Waals surface area contributed by atoms with Crippen molar-refractivity contribution in [1.29, 1.82) is 0 Å². The van der Waals surface area contributed by atoms with Gasteiger partial charge < -0.3 is 9.69 Å². The predicted octanol–water partition coefficient (Wildman–Crippen LogP) is 0.730. The molecular weight excluding hydrogens is 114 g/mol. The fourth-order valence-electron chi connectivity index (χ4n) is 0.698. The zero-order valence-corrected chi connectivity index (χ0v) is 6.13. The van der Waals surface area contributed by atoms with Crippen LogP contribution in [0.3, 0.4) is 0 Å². The van der Waals surface area contributed by atoms with E-state index in [0.717, 1.165) is 12.7 Å². The number of rotatable bonds is 4. The van der Waals surface area contributed by atoms with Crippen LogP contribution >= 0.6 is 0 Å². The molecule has 0 saturated carbocycles. The van der Waals surface area contributed by atoms with Gasteiger partial charge in [0.1, 0.15) is 6.29 Å². The van der Waals surface area contributed by atoms with E-state index in [-0.39, 0.29) is 0 Å². The summed E-state index contributed by atoms with van der Waals surface area (Å²) in [5.74, 6) is 0. The Labute approximate surface area is 56.9 Å². The molecule has 0 N–H and O–H groups in total. The Bertz CT molecular complexity index is 81.0. The molecule has 0 amide bonds. The molecule has 1 unspecified atom stereocenters. The molecule has 2 nitrogen and oxygen atoms in total. The molecule has 53 valence electrons. The molecule has 0 aromatic heterocycles. The van der Waals surface area contributed by atoms with E-state index in [2.05, 4.69) is 6.92 Å². The van der Waals surface area contributed by atoms with E-state index in [1.54, 1.807) is 0 Å². The lowest BCUT2D eigenvalue weighted by Crippen LogP contribution is -2.27. The lowest BCUT2D eigenvalue weighted by molar-refractivity contribution is -0.108. The van der Waals surface area contributed by atoms with E-state index in [4.69, 9.17) is 0 Å². The molecular formula is C7H14NO. The van der Waals surface area contributed by atoms with Crippen LogP contribution in [0.25, 0.3) is 0 Å². The van der Waals surface area contributed by atoms with Gasteiger partial charge in [0.05, 0.1) is 0 Å². The summed E-state index contributed by atoms with van der Waals surface area (Å²) in [5, 5.41) is 0. The van der Waals surface area contributed by atoms with Gasteiger partial charge in [-0.1, -0.05) is 6.92 Å². The van der Waals surface area contributed by atoms with Gasteiger partial charge in [-0.3, -0.25) is 0 Å². The molecule has 1 atom stereocenters. The van der Waals surface area contributed by atoms with Crippen LogP contribution in [0.1, 0.15) is 12.8 Å². The van der Waals surface area contributed by atoms with Crippen LogP contribution in [0.15, 0.2) is 0 Å². The third-order valence-electron chi connectivity index (χ3n) is 1.43. The van der Waals surface area contributed by atoms with Crippen LogP contribution in [-0.4, -0.2) is 31.3 Å². The van der Waals surface area contributed by atoms with Crippen LogP contribution in [0.4, 0.5) is 0 Å². The molecule has 0 fully saturated rings. The molecule has 0 aromatic rings. The van der Waals surface area contributed by atoms with Gasteiger partial charge in [0.15, 0.2) is 0 Å². The second kappa shape index (κ2) is 4.50.